The maximum absolute atomic E-state index is 12.8. The van der Waals surface area contributed by atoms with E-state index in [1.807, 2.05) is 0 Å². The zero-order valence-electron chi connectivity index (χ0n) is 16.1. The normalized spacial score (nSPS) is 11.1. The van der Waals surface area contributed by atoms with Gasteiger partial charge in [0.05, 0.1) is 21.2 Å². The Hall–Kier alpha value is -2.78. The number of carbonyl (C=O) groups excluding carboxylic acids is 1. The summed E-state index contributed by atoms with van der Waals surface area (Å²) in [7, 11) is -3.98. The molecule has 0 fully saturated rings. The Bertz CT molecular complexity index is 1190. The molecule has 162 valence electrons. The Morgan fingerprint density at radius 3 is 2.39 bits per heavy atom. The first-order valence-corrected chi connectivity index (χ1v) is 11.4. The van der Waals surface area contributed by atoms with E-state index in [9.17, 15) is 13.2 Å². The molecule has 0 saturated heterocycles. The summed E-state index contributed by atoms with van der Waals surface area (Å²) in [6, 6.07) is 17.0. The van der Waals surface area contributed by atoms with Gasteiger partial charge in [-0.15, -0.1) is 0 Å². The van der Waals surface area contributed by atoms with Gasteiger partial charge in [0, 0.05) is 18.1 Å². The third-order valence-corrected chi connectivity index (χ3v) is 6.03. The highest BCUT2D eigenvalue weighted by Crippen LogP contribution is 2.30. The van der Waals surface area contributed by atoms with Crippen molar-refractivity contribution in [3.05, 3.63) is 82.3 Å². The number of carbonyl (C=O) groups is 1. The van der Waals surface area contributed by atoms with Crippen LogP contribution in [0.3, 0.4) is 0 Å². The van der Waals surface area contributed by atoms with Gasteiger partial charge in [0.2, 0.25) is 0 Å². The van der Waals surface area contributed by atoms with Crippen LogP contribution in [0, 0.1) is 0 Å². The van der Waals surface area contributed by atoms with Gasteiger partial charge in [-0.3, -0.25) is 9.52 Å². The molecule has 0 aliphatic heterocycles. The smallest absolute Gasteiger partial charge is 0.261 e. The van der Waals surface area contributed by atoms with Gasteiger partial charge in [0.1, 0.15) is 11.5 Å². The second-order valence-electron chi connectivity index (χ2n) is 6.34. The number of rotatable bonds is 8. The summed E-state index contributed by atoms with van der Waals surface area (Å²) < 4.78 is 33.8. The van der Waals surface area contributed by atoms with E-state index in [1.54, 1.807) is 24.3 Å². The highest BCUT2D eigenvalue weighted by Gasteiger charge is 2.19. The van der Waals surface area contributed by atoms with Gasteiger partial charge in [0.25, 0.3) is 15.9 Å². The van der Waals surface area contributed by atoms with Crippen molar-refractivity contribution < 1.29 is 17.9 Å². The average Bonchev–Trinajstić information content (AvgIpc) is 2.75. The molecule has 3 aromatic carbocycles. The van der Waals surface area contributed by atoms with Crippen molar-refractivity contribution in [3.63, 3.8) is 0 Å². The number of sulfonamides is 1. The maximum Gasteiger partial charge on any atom is 0.261 e. The number of anilines is 1. The Kier molecular flexibility index (Phi) is 7.40. The van der Waals surface area contributed by atoms with Crippen LogP contribution in [0.25, 0.3) is 0 Å². The first-order chi connectivity index (χ1) is 14.8. The van der Waals surface area contributed by atoms with Gasteiger partial charge in [0.15, 0.2) is 0 Å². The molecule has 0 heterocycles. The van der Waals surface area contributed by atoms with Crippen LogP contribution in [-0.2, 0) is 10.0 Å². The standard InChI is InChI=1S/C21H19Cl2N3O4S/c22-14-5-10-19(17(13-14)21(27)25-12-11-24)26-31(28,29)16-8-6-15(7-9-16)30-20-4-2-1-3-18(20)23/h1-10,13,26H,11-12,24H2,(H,25,27). The van der Waals surface area contributed by atoms with Crippen LogP contribution in [-0.4, -0.2) is 27.4 Å². The Balaban J connectivity index is 1.81. The van der Waals surface area contributed by atoms with Gasteiger partial charge in [-0.05, 0) is 54.6 Å². The molecule has 0 spiro atoms. The molecular formula is C21H19Cl2N3O4S. The molecule has 0 bridgehead atoms. The van der Waals surface area contributed by atoms with Crippen molar-refractivity contribution in [2.75, 3.05) is 17.8 Å². The molecule has 0 aliphatic rings. The molecule has 0 aliphatic carbocycles. The lowest BCUT2D eigenvalue weighted by atomic mass is 10.1. The Morgan fingerprint density at radius 2 is 1.71 bits per heavy atom. The number of halogens is 2. The molecule has 0 unspecified atom stereocenters. The minimum atomic E-state index is -3.98. The van der Waals surface area contributed by atoms with Gasteiger partial charge < -0.3 is 15.8 Å². The van der Waals surface area contributed by atoms with Crippen LogP contribution in [0.4, 0.5) is 5.69 Å². The van der Waals surface area contributed by atoms with Crippen molar-refractivity contribution in [2.24, 2.45) is 5.73 Å². The second kappa shape index (κ2) is 10.0. The number of nitrogens with one attached hydrogen (secondary N) is 2. The first-order valence-electron chi connectivity index (χ1n) is 9.13. The summed E-state index contributed by atoms with van der Waals surface area (Å²) in [5, 5.41) is 3.32. The van der Waals surface area contributed by atoms with Crippen LogP contribution in [0.5, 0.6) is 11.5 Å². The second-order valence-corrected chi connectivity index (χ2v) is 8.87. The zero-order chi connectivity index (χ0) is 22.4. The quantitative estimate of drug-likeness (QED) is 0.446. The topological polar surface area (TPSA) is 111 Å². The number of hydrogen-bond acceptors (Lipinski definition) is 5. The Morgan fingerprint density at radius 1 is 1.00 bits per heavy atom. The predicted octanol–water partition coefficient (Wildman–Crippen LogP) is 4.28. The minimum absolute atomic E-state index is 0.0118. The van der Waals surface area contributed by atoms with Crippen molar-refractivity contribution in [3.8, 4) is 11.5 Å². The number of nitrogens with two attached hydrogens (primary N) is 1. The number of ether oxygens (including phenoxy) is 1. The van der Waals surface area contributed by atoms with E-state index in [0.29, 0.717) is 21.5 Å². The average molecular weight is 480 g/mol. The van der Waals surface area contributed by atoms with E-state index in [4.69, 9.17) is 33.7 Å². The third-order valence-electron chi connectivity index (χ3n) is 4.10. The number of amides is 1. The number of hydrogen-bond donors (Lipinski definition) is 3. The summed E-state index contributed by atoms with van der Waals surface area (Å²) in [5.74, 6) is 0.377. The molecule has 10 heteroatoms. The van der Waals surface area contributed by atoms with E-state index in [-0.39, 0.29) is 29.2 Å². The summed E-state index contributed by atoms with van der Waals surface area (Å²) in [5.41, 5.74) is 5.58. The maximum atomic E-state index is 12.8. The lowest BCUT2D eigenvalue weighted by molar-refractivity contribution is 0.0955. The Labute approximate surface area is 190 Å². The van der Waals surface area contributed by atoms with Crippen LogP contribution < -0.4 is 20.5 Å². The molecule has 4 N–H and O–H groups in total. The third kappa shape index (κ3) is 5.89. The van der Waals surface area contributed by atoms with Gasteiger partial charge in [-0.2, -0.15) is 0 Å². The SMILES string of the molecule is NCCNC(=O)c1cc(Cl)ccc1NS(=O)(=O)c1ccc(Oc2ccccc2Cl)cc1. The van der Waals surface area contributed by atoms with Crippen molar-refractivity contribution in [1.29, 1.82) is 0 Å². The van der Waals surface area contributed by atoms with E-state index < -0.39 is 15.9 Å². The molecule has 0 saturated carbocycles. The first kappa shape index (κ1) is 22.9. The molecule has 3 rings (SSSR count). The van der Waals surface area contributed by atoms with E-state index in [0.717, 1.165) is 0 Å². The summed E-state index contributed by atoms with van der Waals surface area (Å²) in [6.45, 7) is 0.487. The fraction of sp³-hybridized carbons (Fsp3) is 0.0952. The van der Waals surface area contributed by atoms with E-state index in [1.165, 1.54) is 42.5 Å². The van der Waals surface area contributed by atoms with Crippen LogP contribution in [0.1, 0.15) is 10.4 Å². The highest BCUT2D eigenvalue weighted by atomic mass is 35.5. The van der Waals surface area contributed by atoms with Gasteiger partial charge in [-0.1, -0.05) is 35.3 Å². The van der Waals surface area contributed by atoms with Crippen molar-refractivity contribution in [2.45, 2.75) is 4.90 Å². The van der Waals surface area contributed by atoms with Crippen molar-refractivity contribution >= 4 is 44.8 Å². The predicted molar refractivity (Wildman–Crippen MR) is 122 cm³/mol. The molecule has 7 nitrogen and oxygen atoms in total. The van der Waals surface area contributed by atoms with Crippen LogP contribution >= 0.6 is 23.2 Å². The molecule has 0 radical (unpaired) electrons. The van der Waals surface area contributed by atoms with Crippen LogP contribution in [0.2, 0.25) is 10.0 Å². The fourth-order valence-corrected chi connectivity index (χ4v) is 4.05. The fourth-order valence-electron chi connectivity index (χ4n) is 2.62. The molecule has 3 aromatic rings. The molecule has 31 heavy (non-hydrogen) atoms. The highest BCUT2D eigenvalue weighted by molar-refractivity contribution is 7.92. The summed E-state index contributed by atoms with van der Waals surface area (Å²) in [4.78, 5) is 12.3. The molecule has 0 atom stereocenters. The van der Waals surface area contributed by atoms with E-state index in [2.05, 4.69) is 10.0 Å². The van der Waals surface area contributed by atoms with Gasteiger partial charge in [-0.25, -0.2) is 8.42 Å². The molecule has 1 amide bonds. The minimum Gasteiger partial charge on any atom is -0.456 e. The summed E-state index contributed by atoms with van der Waals surface area (Å²) >= 11 is 12.0. The zero-order valence-corrected chi connectivity index (χ0v) is 18.5. The monoisotopic (exact) mass is 479 g/mol. The molecular weight excluding hydrogens is 461 g/mol. The molecule has 0 aromatic heterocycles. The van der Waals surface area contributed by atoms with Crippen molar-refractivity contribution in [1.82, 2.24) is 5.32 Å². The van der Waals surface area contributed by atoms with Crippen LogP contribution in [0.15, 0.2) is 71.6 Å². The number of para-hydroxylation sites is 1. The lowest BCUT2D eigenvalue weighted by Crippen LogP contribution is -2.30. The lowest BCUT2D eigenvalue weighted by Gasteiger charge is -2.14. The largest absolute Gasteiger partial charge is 0.456 e. The van der Waals surface area contributed by atoms with Gasteiger partial charge >= 0.3 is 0 Å². The number of benzene rings is 3. The summed E-state index contributed by atoms with van der Waals surface area (Å²) in [6.07, 6.45) is 0. The van der Waals surface area contributed by atoms with E-state index >= 15 is 0 Å².